The smallest absolute Gasteiger partial charge is 0.313 e. The third-order valence-corrected chi connectivity index (χ3v) is 2.59. The van der Waals surface area contributed by atoms with Crippen LogP contribution in [0.5, 0.6) is 0 Å². The van der Waals surface area contributed by atoms with E-state index in [0.717, 1.165) is 10.8 Å². The number of carbonyl (C=O) groups is 1. The number of aryl methyl sites for hydroxylation is 1. The second-order valence-corrected chi connectivity index (χ2v) is 4.05. The second kappa shape index (κ2) is 4.97. The van der Waals surface area contributed by atoms with E-state index in [2.05, 4.69) is 15.0 Å². The first-order chi connectivity index (χ1) is 8.99. The number of carbonyl (C=O) groups excluding carboxylic acids is 1. The van der Waals surface area contributed by atoms with Gasteiger partial charge in [0.15, 0.2) is 5.78 Å². The molecule has 0 radical (unpaired) electrons. The van der Waals surface area contributed by atoms with Crippen LogP contribution in [0.25, 0.3) is 0 Å². The molecule has 2 rings (SSSR count). The number of aromatic amines is 1. The molecule has 0 aromatic carbocycles. The van der Waals surface area contributed by atoms with Crippen molar-refractivity contribution in [2.45, 2.75) is 20.4 Å². The van der Waals surface area contributed by atoms with Gasteiger partial charge in [0.05, 0.1) is 17.8 Å². The average Bonchev–Trinajstić information content (AvgIpc) is 2.34. The maximum absolute atomic E-state index is 12.0. The van der Waals surface area contributed by atoms with Crippen molar-refractivity contribution < 1.29 is 4.79 Å². The Morgan fingerprint density at radius 3 is 2.79 bits per heavy atom. The van der Waals surface area contributed by atoms with Crippen molar-refractivity contribution in [3.8, 4) is 0 Å². The van der Waals surface area contributed by atoms with Crippen molar-refractivity contribution in [2.24, 2.45) is 0 Å². The Kier molecular flexibility index (Phi) is 3.37. The summed E-state index contributed by atoms with van der Waals surface area (Å²) in [5.74, 6) is 0.151. The molecule has 0 bridgehead atoms. The molecule has 98 valence electrons. The largest absolute Gasteiger partial charge is 0.328 e. The third kappa shape index (κ3) is 2.65. The van der Waals surface area contributed by atoms with Gasteiger partial charge < -0.3 is 4.98 Å². The molecule has 0 aliphatic heterocycles. The molecule has 0 unspecified atom stereocenters. The summed E-state index contributed by atoms with van der Waals surface area (Å²) >= 11 is 0. The van der Waals surface area contributed by atoms with Crippen molar-refractivity contribution in [3.05, 3.63) is 56.4 Å². The monoisotopic (exact) mass is 260 g/mol. The van der Waals surface area contributed by atoms with Gasteiger partial charge in [-0.15, -0.1) is 0 Å². The number of ketones is 1. The van der Waals surface area contributed by atoms with Gasteiger partial charge in [0.2, 0.25) is 0 Å². The van der Waals surface area contributed by atoms with Gasteiger partial charge in [0.1, 0.15) is 5.82 Å². The van der Waals surface area contributed by atoms with Gasteiger partial charge >= 0.3 is 5.69 Å². The minimum Gasteiger partial charge on any atom is -0.313 e. The van der Waals surface area contributed by atoms with E-state index in [1.54, 1.807) is 19.2 Å². The fourth-order valence-electron chi connectivity index (χ4n) is 1.66. The summed E-state index contributed by atoms with van der Waals surface area (Å²) in [6, 6.07) is 1.61. The van der Waals surface area contributed by atoms with Gasteiger partial charge in [-0.05, 0) is 19.9 Å². The summed E-state index contributed by atoms with van der Waals surface area (Å²) in [4.78, 5) is 45.4. The molecule has 0 amide bonds. The Hall–Kier alpha value is -2.57. The first kappa shape index (κ1) is 12.9. The molecule has 19 heavy (non-hydrogen) atoms. The molecule has 2 aromatic rings. The second-order valence-electron chi connectivity index (χ2n) is 4.05. The molecular weight excluding hydrogens is 248 g/mol. The third-order valence-electron chi connectivity index (χ3n) is 2.59. The van der Waals surface area contributed by atoms with Crippen LogP contribution in [0.3, 0.4) is 0 Å². The van der Waals surface area contributed by atoms with Crippen LogP contribution >= 0.6 is 0 Å². The SMILES string of the molecule is CC(=O)c1c[nH]c(=O)n(Cc2ccnc(C)n2)c1=O. The van der Waals surface area contributed by atoms with Crippen LogP contribution in [0.1, 0.15) is 28.8 Å². The molecule has 0 aliphatic carbocycles. The Labute approximate surface area is 108 Å². The zero-order valence-electron chi connectivity index (χ0n) is 10.5. The summed E-state index contributed by atoms with van der Waals surface area (Å²) in [6.45, 7) is 2.98. The quantitative estimate of drug-likeness (QED) is 0.776. The molecule has 0 atom stereocenters. The topological polar surface area (TPSA) is 97.7 Å². The van der Waals surface area contributed by atoms with E-state index >= 15 is 0 Å². The molecule has 0 spiro atoms. The molecule has 2 heterocycles. The molecule has 0 saturated carbocycles. The Bertz CT molecular complexity index is 745. The van der Waals surface area contributed by atoms with E-state index in [4.69, 9.17) is 0 Å². The van der Waals surface area contributed by atoms with Crippen LogP contribution in [0.2, 0.25) is 0 Å². The van der Waals surface area contributed by atoms with E-state index in [-0.39, 0.29) is 12.1 Å². The predicted molar refractivity (Wildman–Crippen MR) is 67.2 cm³/mol. The fourth-order valence-corrected chi connectivity index (χ4v) is 1.66. The molecule has 7 nitrogen and oxygen atoms in total. The lowest BCUT2D eigenvalue weighted by Gasteiger charge is -2.05. The lowest BCUT2D eigenvalue weighted by atomic mass is 10.2. The number of hydrogen-bond donors (Lipinski definition) is 1. The van der Waals surface area contributed by atoms with E-state index in [0.29, 0.717) is 11.5 Å². The highest BCUT2D eigenvalue weighted by atomic mass is 16.2. The number of nitrogens with one attached hydrogen (secondary N) is 1. The minimum atomic E-state index is -0.618. The molecule has 0 saturated heterocycles. The van der Waals surface area contributed by atoms with E-state index in [1.807, 2.05) is 0 Å². The van der Waals surface area contributed by atoms with Crippen LogP contribution in [-0.2, 0) is 6.54 Å². The van der Waals surface area contributed by atoms with Gasteiger partial charge in [0, 0.05) is 12.4 Å². The maximum Gasteiger partial charge on any atom is 0.328 e. The van der Waals surface area contributed by atoms with Crippen LogP contribution in [-0.4, -0.2) is 25.3 Å². The van der Waals surface area contributed by atoms with Crippen molar-refractivity contribution in [2.75, 3.05) is 0 Å². The van der Waals surface area contributed by atoms with Gasteiger partial charge in [-0.1, -0.05) is 0 Å². The molecule has 0 fully saturated rings. The standard InChI is InChI=1S/C12H12N4O3/c1-7(17)10-5-14-12(19)16(11(10)18)6-9-3-4-13-8(2)15-9/h3-5H,6H2,1-2H3,(H,14,19). The van der Waals surface area contributed by atoms with Crippen molar-refractivity contribution in [1.82, 2.24) is 19.5 Å². The summed E-state index contributed by atoms with van der Waals surface area (Å²) in [5.41, 5.74) is -0.718. The Morgan fingerprint density at radius 2 is 2.16 bits per heavy atom. The molecule has 1 N–H and O–H groups in total. The number of aromatic nitrogens is 4. The highest BCUT2D eigenvalue weighted by Crippen LogP contribution is 1.96. The lowest BCUT2D eigenvalue weighted by molar-refractivity contribution is 0.101. The van der Waals surface area contributed by atoms with Gasteiger partial charge in [0.25, 0.3) is 5.56 Å². The minimum absolute atomic E-state index is 0.00134. The molecule has 0 aliphatic rings. The van der Waals surface area contributed by atoms with Crippen LogP contribution < -0.4 is 11.2 Å². The highest BCUT2D eigenvalue weighted by Gasteiger charge is 2.11. The normalized spacial score (nSPS) is 10.4. The molecule has 2 aromatic heterocycles. The van der Waals surface area contributed by atoms with Gasteiger partial charge in [-0.3, -0.25) is 14.2 Å². The highest BCUT2D eigenvalue weighted by molar-refractivity contribution is 5.93. The number of nitrogens with zero attached hydrogens (tertiary/aromatic N) is 3. The summed E-state index contributed by atoms with van der Waals surface area (Å²) < 4.78 is 0.943. The first-order valence-corrected chi connectivity index (χ1v) is 5.61. The Balaban J connectivity index is 2.51. The van der Waals surface area contributed by atoms with Crippen molar-refractivity contribution in [3.63, 3.8) is 0 Å². The lowest BCUT2D eigenvalue weighted by Crippen LogP contribution is -2.38. The average molecular weight is 260 g/mol. The van der Waals surface area contributed by atoms with Gasteiger partial charge in [-0.25, -0.2) is 14.8 Å². The number of hydrogen-bond acceptors (Lipinski definition) is 5. The number of H-pyrrole nitrogens is 1. The predicted octanol–water partition coefficient (Wildman–Crippen LogP) is -0.114. The summed E-state index contributed by atoms with van der Waals surface area (Å²) in [6.07, 6.45) is 2.68. The van der Waals surface area contributed by atoms with Crippen LogP contribution in [0.4, 0.5) is 0 Å². The van der Waals surface area contributed by atoms with Crippen molar-refractivity contribution in [1.29, 1.82) is 0 Å². The van der Waals surface area contributed by atoms with E-state index in [9.17, 15) is 14.4 Å². The zero-order chi connectivity index (χ0) is 14.0. The Morgan fingerprint density at radius 1 is 1.42 bits per heavy atom. The van der Waals surface area contributed by atoms with Gasteiger partial charge in [-0.2, -0.15) is 0 Å². The zero-order valence-corrected chi connectivity index (χ0v) is 10.5. The fraction of sp³-hybridized carbons (Fsp3) is 0.250. The first-order valence-electron chi connectivity index (χ1n) is 5.61. The van der Waals surface area contributed by atoms with E-state index < -0.39 is 17.0 Å². The van der Waals surface area contributed by atoms with Crippen LogP contribution in [0.15, 0.2) is 28.0 Å². The maximum atomic E-state index is 12.0. The van der Waals surface area contributed by atoms with Crippen LogP contribution in [0, 0.1) is 6.92 Å². The van der Waals surface area contributed by atoms with E-state index in [1.165, 1.54) is 6.92 Å². The summed E-state index contributed by atoms with van der Waals surface area (Å²) in [7, 11) is 0. The van der Waals surface area contributed by atoms with Crippen molar-refractivity contribution >= 4 is 5.78 Å². The molecular formula is C12H12N4O3. The molecule has 7 heteroatoms. The number of rotatable bonds is 3. The summed E-state index contributed by atoms with van der Waals surface area (Å²) in [5, 5.41) is 0. The number of Topliss-reactive ketones (excluding diaryl/α,β-unsaturated/α-hetero) is 1.